The molecule has 0 amide bonds. The Labute approximate surface area is 151 Å². The van der Waals surface area contributed by atoms with E-state index in [4.69, 9.17) is 0 Å². The van der Waals surface area contributed by atoms with Crippen LogP contribution in [0, 0.1) is 23.3 Å². The van der Waals surface area contributed by atoms with Crippen molar-refractivity contribution >= 4 is 11.9 Å². The smallest absolute Gasteiger partial charge is 0.338 e. The van der Waals surface area contributed by atoms with Crippen molar-refractivity contribution in [2.45, 2.75) is 6.92 Å². The van der Waals surface area contributed by atoms with E-state index in [1.165, 1.54) is 6.92 Å². The Bertz CT molecular complexity index is 943. The van der Waals surface area contributed by atoms with Gasteiger partial charge in [-0.05, 0) is 36.8 Å². The lowest BCUT2D eigenvalue weighted by Gasteiger charge is -2.11. The van der Waals surface area contributed by atoms with E-state index in [1.807, 2.05) is 0 Å². The van der Waals surface area contributed by atoms with Gasteiger partial charge in [-0.1, -0.05) is 13.2 Å². The normalized spacial score (nSPS) is 10.3. The van der Waals surface area contributed by atoms with Gasteiger partial charge in [-0.2, -0.15) is 4.39 Å². The molecule has 0 aliphatic heterocycles. The number of hydrogen-bond acceptors (Lipinski definition) is 4. The van der Waals surface area contributed by atoms with Gasteiger partial charge >= 0.3 is 11.9 Å². The van der Waals surface area contributed by atoms with Crippen LogP contribution in [-0.4, -0.2) is 11.9 Å². The predicted octanol–water partition coefficient (Wildman–Crippen LogP) is 4.48. The molecule has 2 rings (SSSR count). The topological polar surface area (TPSA) is 52.6 Å². The van der Waals surface area contributed by atoms with E-state index in [9.17, 15) is 27.2 Å². The number of halogens is 4. The molecular formula is C19H12F4O4. The molecule has 0 radical (unpaired) electrons. The van der Waals surface area contributed by atoms with Gasteiger partial charge in [-0.3, -0.25) is 0 Å². The summed E-state index contributed by atoms with van der Waals surface area (Å²) in [6.45, 7) is 7.71. The number of hydrogen-bond donors (Lipinski definition) is 0. The predicted molar refractivity (Wildman–Crippen MR) is 88.0 cm³/mol. The highest BCUT2D eigenvalue weighted by Gasteiger charge is 2.21. The second kappa shape index (κ2) is 7.86. The Hall–Kier alpha value is -3.42. The van der Waals surface area contributed by atoms with E-state index in [1.54, 1.807) is 0 Å². The van der Waals surface area contributed by atoms with Crippen molar-refractivity contribution in [2.24, 2.45) is 0 Å². The Morgan fingerprint density at radius 2 is 1.59 bits per heavy atom. The number of carbonyl (C=O) groups excluding carboxylic acids is 2. The number of benzene rings is 2. The van der Waals surface area contributed by atoms with E-state index < -0.39 is 52.3 Å². The highest BCUT2D eigenvalue weighted by molar-refractivity contribution is 5.89. The molecular weight excluding hydrogens is 368 g/mol. The molecule has 0 aromatic heterocycles. The highest BCUT2D eigenvalue weighted by Crippen LogP contribution is 2.34. The minimum Gasteiger partial charge on any atom is -0.420 e. The lowest BCUT2D eigenvalue weighted by molar-refractivity contribution is -0.130. The number of rotatable bonds is 5. The number of esters is 2. The van der Waals surface area contributed by atoms with E-state index in [0.29, 0.717) is 18.2 Å². The van der Waals surface area contributed by atoms with E-state index in [2.05, 4.69) is 22.6 Å². The maximum absolute atomic E-state index is 14.3. The highest BCUT2D eigenvalue weighted by atomic mass is 19.2. The van der Waals surface area contributed by atoms with E-state index in [0.717, 1.165) is 12.1 Å². The third-order valence-electron chi connectivity index (χ3n) is 3.28. The zero-order valence-corrected chi connectivity index (χ0v) is 13.9. The Morgan fingerprint density at radius 3 is 2.11 bits per heavy atom. The molecule has 4 nitrogen and oxygen atoms in total. The summed E-state index contributed by atoms with van der Waals surface area (Å²) < 4.78 is 65.5. The molecule has 0 bridgehead atoms. The van der Waals surface area contributed by atoms with E-state index in [-0.39, 0.29) is 11.1 Å². The standard InChI is InChI=1S/C19H12F4O4/c1-4-15(24)27-18-12(20)7-10(8-13(18)21)11-5-6-14(17(23)16(11)22)26-19(25)9(2)3/h4-8H,1-2H2,3H3. The summed E-state index contributed by atoms with van der Waals surface area (Å²) in [5.74, 6) is -9.40. The maximum Gasteiger partial charge on any atom is 0.338 e. The first kappa shape index (κ1) is 19.9. The maximum atomic E-state index is 14.3. The average Bonchev–Trinajstić information content (AvgIpc) is 2.61. The molecule has 0 unspecified atom stereocenters. The largest absolute Gasteiger partial charge is 0.420 e. The monoisotopic (exact) mass is 380 g/mol. The van der Waals surface area contributed by atoms with Crippen LogP contribution in [0.3, 0.4) is 0 Å². The van der Waals surface area contributed by atoms with E-state index >= 15 is 0 Å². The van der Waals surface area contributed by atoms with Gasteiger partial charge in [0.15, 0.2) is 23.2 Å². The molecule has 0 aliphatic rings. The second-order valence-corrected chi connectivity index (χ2v) is 5.30. The fourth-order valence-corrected chi connectivity index (χ4v) is 1.98. The lowest BCUT2D eigenvalue weighted by atomic mass is 10.0. The zero-order chi connectivity index (χ0) is 20.3. The van der Waals surface area contributed by atoms with Gasteiger partial charge in [-0.15, -0.1) is 0 Å². The second-order valence-electron chi connectivity index (χ2n) is 5.30. The van der Waals surface area contributed by atoms with Crippen LogP contribution in [0.4, 0.5) is 17.6 Å². The average molecular weight is 380 g/mol. The van der Waals surface area contributed by atoms with Gasteiger partial charge in [0.05, 0.1) is 0 Å². The first-order valence-electron chi connectivity index (χ1n) is 7.35. The van der Waals surface area contributed by atoms with Crippen LogP contribution in [-0.2, 0) is 9.59 Å². The molecule has 0 saturated carbocycles. The minimum atomic E-state index is -1.52. The van der Waals surface area contributed by atoms with Crippen molar-refractivity contribution in [3.8, 4) is 22.6 Å². The Kier molecular flexibility index (Phi) is 5.79. The molecule has 0 heterocycles. The van der Waals surface area contributed by atoms with Crippen LogP contribution in [0.5, 0.6) is 11.5 Å². The molecule has 8 heteroatoms. The van der Waals surface area contributed by atoms with Crippen LogP contribution in [0.25, 0.3) is 11.1 Å². The lowest BCUT2D eigenvalue weighted by Crippen LogP contribution is -2.10. The van der Waals surface area contributed by atoms with Crippen LogP contribution in [0.2, 0.25) is 0 Å². The molecule has 0 aliphatic carbocycles. The first-order valence-corrected chi connectivity index (χ1v) is 7.35. The fraction of sp³-hybridized carbons (Fsp3) is 0.0526. The summed E-state index contributed by atoms with van der Waals surface area (Å²) in [6, 6.07) is 3.22. The molecule has 2 aromatic carbocycles. The van der Waals surface area contributed by atoms with Crippen LogP contribution in [0.15, 0.2) is 49.1 Å². The van der Waals surface area contributed by atoms with Crippen LogP contribution >= 0.6 is 0 Å². The van der Waals surface area contributed by atoms with Crippen molar-refractivity contribution in [2.75, 3.05) is 0 Å². The Morgan fingerprint density at radius 1 is 1.00 bits per heavy atom. The summed E-state index contributed by atoms with van der Waals surface area (Å²) in [4.78, 5) is 22.5. The summed E-state index contributed by atoms with van der Waals surface area (Å²) in [7, 11) is 0. The van der Waals surface area contributed by atoms with Crippen molar-refractivity contribution in [1.82, 2.24) is 0 Å². The number of carbonyl (C=O) groups is 2. The van der Waals surface area contributed by atoms with Crippen LogP contribution < -0.4 is 9.47 Å². The minimum absolute atomic E-state index is 0.0345. The van der Waals surface area contributed by atoms with Crippen molar-refractivity contribution < 1.29 is 36.6 Å². The summed E-state index contributed by atoms with van der Waals surface area (Å²) >= 11 is 0. The third kappa shape index (κ3) is 4.22. The summed E-state index contributed by atoms with van der Waals surface area (Å²) in [5.41, 5.74) is -0.896. The zero-order valence-electron chi connectivity index (χ0n) is 13.9. The molecule has 140 valence electrons. The summed E-state index contributed by atoms with van der Waals surface area (Å²) in [6.07, 6.45) is 0.701. The van der Waals surface area contributed by atoms with Gasteiger partial charge in [-0.25, -0.2) is 22.8 Å². The molecule has 0 N–H and O–H groups in total. The van der Waals surface area contributed by atoms with Gasteiger partial charge in [0.1, 0.15) is 0 Å². The van der Waals surface area contributed by atoms with Crippen molar-refractivity contribution in [3.63, 3.8) is 0 Å². The van der Waals surface area contributed by atoms with Crippen LogP contribution in [0.1, 0.15) is 6.92 Å². The fourth-order valence-electron chi connectivity index (χ4n) is 1.98. The molecule has 2 aromatic rings. The molecule has 0 spiro atoms. The van der Waals surface area contributed by atoms with Gasteiger partial charge in [0.25, 0.3) is 0 Å². The summed E-state index contributed by atoms with van der Waals surface area (Å²) in [5, 5.41) is 0. The van der Waals surface area contributed by atoms with Crippen molar-refractivity contribution in [3.05, 3.63) is 72.3 Å². The van der Waals surface area contributed by atoms with Gasteiger partial charge in [0, 0.05) is 17.2 Å². The molecule has 27 heavy (non-hydrogen) atoms. The van der Waals surface area contributed by atoms with Gasteiger partial charge in [0.2, 0.25) is 11.6 Å². The molecule has 0 saturated heterocycles. The number of ether oxygens (including phenoxy) is 2. The Balaban J connectivity index is 2.45. The quantitative estimate of drug-likeness (QED) is 0.332. The SMILES string of the molecule is C=CC(=O)Oc1c(F)cc(-c2ccc(OC(=O)C(=C)C)c(F)c2F)cc1F. The third-order valence-corrected chi connectivity index (χ3v) is 3.28. The van der Waals surface area contributed by atoms with Crippen molar-refractivity contribution in [1.29, 1.82) is 0 Å². The molecule has 0 atom stereocenters. The first-order chi connectivity index (χ1) is 12.6. The van der Waals surface area contributed by atoms with Gasteiger partial charge < -0.3 is 9.47 Å². The molecule has 0 fully saturated rings.